The average Bonchev–Trinajstić information content (AvgIpc) is 3.22. The van der Waals surface area contributed by atoms with Gasteiger partial charge in [-0.1, -0.05) is 0 Å². The maximum absolute atomic E-state index is 13.6. The summed E-state index contributed by atoms with van der Waals surface area (Å²) >= 11 is 0. The summed E-state index contributed by atoms with van der Waals surface area (Å²) in [6, 6.07) is 3.30. The lowest BCUT2D eigenvalue weighted by Crippen LogP contribution is -2.45. The van der Waals surface area contributed by atoms with Crippen LogP contribution in [0.25, 0.3) is 17.0 Å². The molecule has 0 aliphatic rings. The van der Waals surface area contributed by atoms with E-state index in [9.17, 15) is 36.6 Å². The van der Waals surface area contributed by atoms with Crippen LogP contribution in [0, 0.1) is 29.1 Å². The third-order valence-corrected chi connectivity index (χ3v) is 4.17. The molecule has 4 N–H and O–H groups in total. The molecule has 2 aromatic carbocycles. The molecule has 1 heterocycles. The Balaban J connectivity index is 1.70. The number of fused-ring (bicyclic) bond motifs is 1. The van der Waals surface area contributed by atoms with Crippen molar-refractivity contribution in [2.45, 2.75) is 6.04 Å². The second-order valence-electron chi connectivity index (χ2n) is 6.22. The topological polar surface area (TPSA) is 107 Å². The molecule has 0 aliphatic heterocycles. The molecule has 1 atom stereocenters. The number of aliphatic hydroxyl groups excluding tert-OH is 1. The molecule has 3 aromatic rings. The van der Waals surface area contributed by atoms with E-state index in [-0.39, 0.29) is 0 Å². The van der Waals surface area contributed by atoms with E-state index in [1.54, 1.807) is 24.4 Å². The van der Waals surface area contributed by atoms with Gasteiger partial charge in [-0.15, -0.1) is 0 Å². The molecule has 1 aromatic heterocycles. The summed E-state index contributed by atoms with van der Waals surface area (Å²) in [5.74, 6) is -12.8. The Kier molecular flexibility index (Phi) is 6.30. The van der Waals surface area contributed by atoms with Gasteiger partial charge in [0.2, 0.25) is 17.6 Å². The molecule has 0 aliphatic carbocycles. The number of benzene rings is 2. The number of carbonyl (C=O) groups is 2. The van der Waals surface area contributed by atoms with Crippen molar-refractivity contribution in [1.29, 1.82) is 0 Å². The molecule has 31 heavy (non-hydrogen) atoms. The van der Waals surface area contributed by atoms with Crippen molar-refractivity contribution < 1.29 is 36.6 Å². The van der Waals surface area contributed by atoms with Crippen molar-refractivity contribution in [2.24, 2.45) is 0 Å². The lowest BCUT2D eigenvalue weighted by Gasteiger charge is -2.15. The largest absolute Gasteiger partial charge is 0.394 e. The van der Waals surface area contributed by atoms with Crippen LogP contribution in [-0.4, -0.2) is 39.8 Å². The Bertz CT molecular complexity index is 1170. The Hall–Kier alpha value is -3.80. The highest BCUT2D eigenvalue weighted by molar-refractivity contribution is 6.01. The summed E-state index contributed by atoms with van der Waals surface area (Å²) in [4.78, 5) is 24.2. The van der Waals surface area contributed by atoms with Gasteiger partial charge in [-0.3, -0.25) is 14.7 Å². The number of hydrogen-bond donors (Lipinski definition) is 4. The Morgan fingerprint density at radius 1 is 1.06 bits per heavy atom. The van der Waals surface area contributed by atoms with Crippen molar-refractivity contribution in [1.82, 2.24) is 15.5 Å². The lowest BCUT2D eigenvalue weighted by atomic mass is 10.1. The van der Waals surface area contributed by atoms with Gasteiger partial charge < -0.3 is 15.7 Å². The number of hydrogen-bond acceptors (Lipinski definition) is 4. The minimum Gasteiger partial charge on any atom is -0.394 e. The van der Waals surface area contributed by atoms with Crippen molar-refractivity contribution in [3.05, 3.63) is 65.1 Å². The van der Waals surface area contributed by atoms with Crippen LogP contribution >= 0.6 is 0 Å². The number of rotatable bonds is 6. The van der Waals surface area contributed by atoms with E-state index in [1.165, 1.54) is 0 Å². The second-order valence-corrected chi connectivity index (χ2v) is 6.22. The molecule has 0 fully saturated rings. The molecule has 3 rings (SSSR count). The molecule has 0 saturated heterocycles. The van der Waals surface area contributed by atoms with Gasteiger partial charge >= 0.3 is 0 Å². The number of nitrogens with zero attached hydrogens (tertiary/aromatic N) is 1. The zero-order valence-electron chi connectivity index (χ0n) is 15.3. The van der Waals surface area contributed by atoms with E-state index in [4.69, 9.17) is 0 Å². The number of carbonyl (C=O) groups excluding carboxylic acids is 2. The summed E-state index contributed by atoms with van der Waals surface area (Å²) in [5, 5.41) is 21.2. The number of anilines is 1. The molecule has 0 bridgehead atoms. The highest BCUT2D eigenvalue weighted by Gasteiger charge is 2.25. The number of amides is 2. The van der Waals surface area contributed by atoms with Gasteiger partial charge in [-0.25, -0.2) is 22.0 Å². The fourth-order valence-electron chi connectivity index (χ4n) is 2.59. The van der Waals surface area contributed by atoms with Crippen molar-refractivity contribution in [2.75, 3.05) is 11.9 Å². The molecule has 162 valence electrons. The van der Waals surface area contributed by atoms with E-state index < -0.39 is 59.1 Å². The molecular weight excluding hydrogens is 427 g/mol. The number of aromatic amines is 1. The van der Waals surface area contributed by atoms with Crippen LogP contribution in [0.1, 0.15) is 5.56 Å². The number of aliphatic hydroxyl groups is 1. The van der Waals surface area contributed by atoms with Gasteiger partial charge in [0.05, 0.1) is 23.9 Å². The van der Waals surface area contributed by atoms with Crippen molar-refractivity contribution in [3.63, 3.8) is 0 Å². The first-order chi connectivity index (χ1) is 14.7. The van der Waals surface area contributed by atoms with E-state index >= 15 is 0 Å². The van der Waals surface area contributed by atoms with Crippen molar-refractivity contribution in [3.8, 4) is 0 Å². The highest BCUT2D eigenvalue weighted by Crippen LogP contribution is 2.24. The predicted octanol–water partition coefficient (Wildman–Crippen LogP) is 2.39. The van der Waals surface area contributed by atoms with E-state index in [0.29, 0.717) is 23.4 Å². The van der Waals surface area contributed by atoms with Gasteiger partial charge in [0.1, 0.15) is 6.04 Å². The minimum absolute atomic E-state index is 0.325. The van der Waals surface area contributed by atoms with Gasteiger partial charge in [0, 0.05) is 17.1 Å². The molecular formula is C19H13F5N4O3. The summed E-state index contributed by atoms with van der Waals surface area (Å²) in [7, 11) is 0. The highest BCUT2D eigenvalue weighted by atomic mass is 19.2. The van der Waals surface area contributed by atoms with Gasteiger partial charge in [0.15, 0.2) is 23.3 Å². The molecule has 2 amide bonds. The summed E-state index contributed by atoms with van der Waals surface area (Å²) in [6.45, 7) is -0.833. The number of aromatic nitrogens is 2. The molecule has 12 heteroatoms. The van der Waals surface area contributed by atoms with Gasteiger partial charge in [-0.05, 0) is 24.3 Å². The standard InChI is InChI=1S/C19H13F5N4O3/c20-14-10(15(21)17(23)18(24)16(14)22)3-4-13(30)27-12(7-29)19(31)26-9-2-1-8-6-25-28-11(8)5-9/h1-6,12,29H,7H2,(H,25,28)(H,26,31)(H,27,30). The van der Waals surface area contributed by atoms with Crippen LogP contribution in [-0.2, 0) is 9.59 Å². The summed E-state index contributed by atoms with van der Waals surface area (Å²) in [6.07, 6.45) is 2.39. The maximum atomic E-state index is 13.6. The van der Waals surface area contributed by atoms with Crippen LogP contribution in [0.2, 0.25) is 0 Å². The van der Waals surface area contributed by atoms with Crippen molar-refractivity contribution >= 4 is 34.5 Å². The number of nitrogens with one attached hydrogen (secondary N) is 3. The van der Waals surface area contributed by atoms with Gasteiger partial charge in [-0.2, -0.15) is 5.10 Å². The van der Waals surface area contributed by atoms with E-state index in [1.807, 2.05) is 0 Å². The summed E-state index contributed by atoms with van der Waals surface area (Å²) in [5.41, 5.74) is -0.385. The van der Waals surface area contributed by atoms with Crippen LogP contribution in [0.3, 0.4) is 0 Å². The molecule has 1 unspecified atom stereocenters. The third kappa shape index (κ3) is 4.53. The van der Waals surface area contributed by atoms with Crippen LogP contribution in [0.15, 0.2) is 30.5 Å². The first-order valence-electron chi connectivity index (χ1n) is 8.57. The zero-order valence-corrected chi connectivity index (χ0v) is 15.3. The first kappa shape index (κ1) is 21.9. The average molecular weight is 440 g/mol. The predicted molar refractivity (Wildman–Crippen MR) is 99.0 cm³/mol. The van der Waals surface area contributed by atoms with Crippen LogP contribution < -0.4 is 10.6 Å². The third-order valence-electron chi connectivity index (χ3n) is 4.17. The molecule has 7 nitrogen and oxygen atoms in total. The second kappa shape index (κ2) is 8.92. The maximum Gasteiger partial charge on any atom is 0.249 e. The minimum atomic E-state index is -2.33. The van der Waals surface area contributed by atoms with Crippen LogP contribution in [0.5, 0.6) is 0 Å². The fourth-order valence-corrected chi connectivity index (χ4v) is 2.59. The molecule has 0 spiro atoms. The van der Waals surface area contributed by atoms with Gasteiger partial charge in [0.25, 0.3) is 0 Å². The lowest BCUT2D eigenvalue weighted by molar-refractivity contribution is -0.124. The molecule has 0 radical (unpaired) electrons. The smallest absolute Gasteiger partial charge is 0.249 e. The first-order valence-corrected chi connectivity index (χ1v) is 8.57. The normalized spacial score (nSPS) is 12.3. The van der Waals surface area contributed by atoms with E-state index in [2.05, 4.69) is 20.8 Å². The van der Waals surface area contributed by atoms with E-state index in [0.717, 1.165) is 5.39 Å². The monoisotopic (exact) mass is 440 g/mol. The Morgan fingerprint density at radius 2 is 1.71 bits per heavy atom. The Morgan fingerprint density at radius 3 is 2.35 bits per heavy atom. The Labute approximate surface area is 170 Å². The van der Waals surface area contributed by atoms with Crippen LogP contribution in [0.4, 0.5) is 27.6 Å². The quantitative estimate of drug-likeness (QED) is 0.204. The summed E-state index contributed by atoms with van der Waals surface area (Å²) < 4.78 is 66.7. The number of H-pyrrole nitrogens is 1. The molecule has 0 saturated carbocycles. The zero-order chi connectivity index (χ0) is 22.7. The number of halogens is 5. The SMILES string of the molecule is O=C(C=Cc1c(F)c(F)c(F)c(F)c1F)NC(CO)C(=O)Nc1ccc2cn[nH]c2c1. The fraction of sp³-hybridized carbons (Fsp3) is 0.105.